The zero-order valence-electron chi connectivity index (χ0n) is 17.0. The van der Waals surface area contributed by atoms with Crippen LogP contribution in [-0.2, 0) is 4.79 Å². The summed E-state index contributed by atoms with van der Waals surface area (Å²) in [5.74, 6) is 1.79. The molecule has 1 saturated carbocycles. The molecule has 0 aromatic heterocycles. The molecular weight excluding hydrogens is 368 g/mol. The van der Waals surface area contributed by atoms with Crippen molar-refractivity contribution in [2.24, 2.45) is 4.99 Å². The lowest BCUT2D eigenvalue weighted by molar-refractivity contribution is -0.115. The number of hydrogen-bond acceptors (Lipinski definition) is 6. The van der Waals surface area contributed by atoms with E-state index < -0.39 is 0 Å². The maximum Gasteiger partial charge on any atom is 0.203 e. The first-order valence-corrected chi connectivity index (χ1v) is 9.53. The molecule has 0 saturated heterocycles. The number of carbonyl (C=O) groups is 1. The van der Waals surface area contributed by atoms with E-state index in [-0.39, 0.29) is 11.7 Å². The molecule has 1 aliphatic heterocycles. The van der Waals surface area contributed by atoms with E-state index >= 15 is 0 Å². The summed E-state index contributed by atoms with van der Waals surface area (Å²) in [6, 6.07) is 11.7. The van der Waals surface area contributed by atoms with Crippen molar-refractivity contribution in [1.29, 1.82) is 0 Å². The highest BCUT2D eigenvalue weighted by Gasteiger charge is 2.33. The molecule has 1 N–H and O–H groups in total. The number of ether oxygens (including phenoxy) is 3. The van der Waals surface area contributed by atoms with Gasteiger partial charge in [0.15, 0.2) is 17.3 Å². The molecule has 2 aromatic rings. The van der Waals surface area contributed by atoms with Crippen molar-refractivity contribution in [3.8, 4) is 17.2 Å². The third-order valence-electron chi connectivity index (χ3n) is 5.45. The Labute approximate surface area is 170 Å². The van der Waals surface area contributed by atoms with E-state index in [2.05, 4.69) is 5.32 Å². The first kappa shape index (κ1) is 19.1. The van der Waals surface area contributed by atoms with Crippen molar-refractivity contribution in [1.82, 2.24) is 0 Å². The van der Waals surface area contributed by atoms with Crippen LogP contribution in [0.3, 0.4) is 0 Å². The van der Waals surface area contributed by atoms with Gasteiger partial charge in [-0.05, 0) is 49.1 Å². The number of anilines is 1. The number of benzene rings is 2. The van der Waals surface area contributed by atoms with Gasteiger partial charge in [0, 0.05) is 12.1 Å². The first-order chi connectivity index (χ1) is 14.0. The van der Waals surface area contributed by atoms with Gasteiger partial charge in [0.05, 0.1) is 44.0 Å². The maximum atomic E-state index is 13.1. The van der Waals surface area contributed by atoms with Crippen molar-refractivity contribution in [2.75, 3.05) is 26.6 Å². The van der Waals surface area contributed by atoms with E-state index in [0.717, 1.165) is 28.3 Å². The normalized spacial score (nSPS) is 18.1. The summed E-state index contributed by atoms with van der Waals surface area (Å²) in [4.78, 5) is 17.9. The van der Waals surface area contributed by atoms with Crippen LogP contribution in [0.5, 0.6) is 17.2 Å². The van der Waals surface area contributed by atoms with Crippen molar-refractivity contribution >= 4 is 22.9 Å². The Balaban J connectivity index is 1.77. The lowest BCUT2D eigenvalue weighted by Gasteiger charge is -2.26. The summed E-state index contributed by atoms with van der Waals surface area (Å²) >= 11 is 0. The highest BCUT2D eigenvalue weighted by atomic mass is 16.5. The third-order valence-corrected chi connectivity index (χ3v) is 5.45. The molecule has 6 nitrogen and oxygen atoms in total. The van der Waals surface area contributed by atoms with Crippen molar-refractivity contribution in [2.45, 2.75) is 25.7 Å². The second-order valence-corrected chi connectivity index (χ2v) is 7.19. The molecule has 0 unspecified atom stereocenters. The SMILES string of the molecule is COc1cc([C@@H]2CC(=O)C3=C(C)Nc4ccccc4N=C3C2)cc(OC)c1OC. The van der Waals surface area contributed by atoms with Crippen molar-refractivity contribution < 1.29 is 19.0 Å². The summed E-state index contributed by atoms with van der Waals surface area (Å²) in [5.41, 5.74) is 5.09. The van der Waals surface area contributed by atoms with Gasteiger partial charge in [-0.2, -0.15) is 0 Å². The van der Waals surface area contributed by atoms with Crippen LogP contribution in [0.15, 0.2) is 52.7 Å². The maximum absolute atomic E-state index is 13.1. The lowest BCUT2D eigenvalue weighted by atomic mass is 9.78. The molecule has 2 aromatic carbocycles. The number of nitrogens with zero attached hydrogens (tertiary/aromatic N) is 1. The van der Waals surface area contributed by atoms with Crippen LogP contribution in [0.2, 0.25) is 0 Å². The number of rotatable bonds is 4. The second kappa shape index (κ2) is 7.62. The van der Waals surface area contributed by atoms with Crippen molar-refractivity contribution in [3.05, 3.63) is 53.2 Å². The van der Waals surface area contributed by atoms with E-state index in [4.69, 9.17) is 19.2 Å². The number of para-hydroxylation sites is 2. The van der Waals surface area contributed by atoms with Crippen LogP contribution in [-0.4, -0.2) is 32.8 Å². The number of allylic oxidation sites excluding steroid dienone is 2. The van der Waals surface area contributed by atoms with Gasteiger partial charge in [0.2, 0.25) is 5.75 Å². The fourth-order valence-corrected chi connectivity index (χ4v) is 4.08. The zero-order valence-corrected chi connectivity index (χ0v) is 17.0. The highest BCUT2D eigenvalue weighted by Crippen LogP contribution is 2.44. The van der Waals surface area contributed by atoms with Gasteiger partial charge in [0.1, 0.15) is 0 Å². The number of aliphatic imine (C=N–C) groups is 1. The fraction of sp³-hybridized carbons (Fsp3) is 0.304. The fourth-order valence-electron chi connectivity index (χ4n) is 4.08. The summed E-state index contributed by atoms with van der Waals surface area (Å²) in [6.45, 7) is 1.94. The standard InChI is InChI=1S/C23H24N2O4/c1-13-22-18(25-17-8-6-5-7-16(17)24-13)9-14(10-19(22)26)15-11-20(27-2)23(29-4)21(12-15)28-3/h5-8,11-12,14,24H,9-10H2,1-4H3/t14-/m0/s1. The van der Waals surface area contributed by atoms with E-state index in [9.17, 15) is 4.79 Å². The Bertz CT molecular complexity index is 1010. The predicted octanol–water partition coefficient (Wildman–Crippen LogP) is 4.63. The Kier molecular flexibility index (Phi) is 5.01. The number of methoxy groups -OCH3 is 3. The molecule has 0 spiro atoms. The molecule has 1 fully saturated rings. The van der Waals surface area contributed by atoms with Gasteiger partial charge >= 0.3 is 0 Å². The van der Waals surface area contributed by atoms with Crippen LogP contribution >= 0.6 is 0 Å². The van der Waals surface area contributed by atoms with E-state index in [0.29, 0.717) is 35.7 Å². The van der Waals surface area contributed by atoms with Gasteiger partial charge in [-0.25, -0.2) is 0 Å². The van der Waals surface area contributed by atoms with Crippen LogP contribution in [0.1, 0.15) is 31.2 Å². The number of hydrogen-bond donors (Lipinski definition) is 1. The Morgan fingerprint density at radius 3 is 2.34 bits per heavy atom. The van der Waals surface area contributed by atoms with Crippen LogP contribution in [0.4, 0.5) is 11.4 Å². The molecular formula is C23H24N2O4. The Morgan fingerprint density at radius 2 is 1.69 bits per heavy atom. The molecule has 1 atom stereocenters. The third kappa shape index (κ3) is 3.35. The molecule has 0 radical (unpaired) electrons. The van der Waals surface area contributed by atoms with Gasteiger partial charge in [-0.3, -0.25) is 9.79 Å². The molecule has 6 heteroatoms. The number of ketones is 1. The quantitative estimate of drug-likeness (QED) is 0.821. The molecule has 1 heterocycles. The summed E-state index contributed by atoms with van der Waals surface area (Å²) in [5, 5.41) is 3.35. The molecule has 1 aliphatic carbocycles. The minimum Gasteiger partial charge on any atom is -0.493 e. The minimum atomic E-state index is -0.0169. The monoisotopic (exact) mass is 392 g/mol. The van der Waals surface area contributed by atoms with Gasteiger partial charge in [0.25, 0.3) is 0 Å². The summed E-state index contributed by atoms with van der Waals surface area (Å²) in [7, 11) is 4.76. The van der Waals surface area contributed by atoms with E-state index in [1.807, 2.05) is 43.3 Å². The molecule has 150 valence electrons. The van der Waals surface area contributed by atoms with Gasteiger partial charge < -0.3 is 19.5 Å². The predicted molar refractivity (Wildman–Crippen MR) is 113 cm³/mol. The molecule has 29 heavy (non-hydrogen) atoms. The zero-order chi connectivity index (χ0) is 20.5. The average Bonchev–Trinajstić information content (AvgIpc) is 2.87. The van der Waals surface area contributed by atoms with Gasteiger partial charge in [-0.1, -0.05) is 12.1 Å². The minimum absolute atomic E-state index is 0.0169. The molecule has 2 aliphatic rings. The van der Waals surface area contributed by atoms with E-state index in [1.54, 1.807) is 21.3 Å². The number of Topliss-reactive ketones (excluding diaryl/α,β-unsaturated/α-hetero) is 1. The highest BCUT2D eigenvalue weighted by molar-refractivity contribution is 6.26. The number of fused-ring (bicyclic) bond motifs is 2. The van der Waals surface area contributed by atoms with Gasteiger partial charge in [-0.15, -0.1) is 0 Å². The Morgan fingerprint density at radius 1 is 1.00 bits per heavy atom. The number of nitrogens with one attached hydrogen (secondary N) is 1. The van der Waals surface area contributed by atoms with Crippen LogP contribution in [0, 0.1) is 0 Å². The summed E-state index contributed by atoms with van der Waals surface area (Å²) < 4.78 is 16.4. The number of carbonyl (C=O) groups excluding carboxylic acids is 1. The molecule has 4 rings (SSSR count). The lowest BCUT2D eigenvalue weighted by Crippen LogP contribution is -2.26. The average molecular weight is 392 g/mol. The smallest absolute Gasteiger partial charge is 0.203 e. The topological polar surface area (TPSA) is 69.2 Å². The summed E-state index contributed by atoms with van der Waals surface area (Å²) in [6.07, 6.45) is 1.06. The second-order valence-electron chi connectivity index (χ2n) is 7.19. The van der Waals surface area contributed by atoms with Crippen LogP contribution in [0.25, 0.3) is 0 Å². The van der Waals surface area contributed by atoms with Crippen molar-refractivity contribution in [3.63, 3.8) is 0 Å². The molecule has 0 bridgehead atoms. The van der Waals surface area contributed by atoms with E-state index in [1.165, 1.54) is 0 Å². The largest absolute Gasteiger partial charge is 0.493 e. The molecule has 0 amide bonds. The Hall–Kier alpha value is -3.28. The van der Waals surface area contributed by atoms with Crippen LogP contribution < -0.4 is 19.5 Å². The first-order valence-electron chi connectivity index (χ1n) is 9.53.